The van der Waals surface area contributed by atoms with Crippen LogP contribution in [0, 0.1) is 0 Å². The van der Waals surface area contributed by atoms with Gasteiger partial charge in [-0.2, -0.15) is 10.1 Å². The molecule has 0 aliphatic rings. The summed E-state index contributed by atoms with van der Waals surface area (Å²) >= 11 is 5.90. The van der Waals surface area contributed by atoms with Gasteiger partial charge in [0.15, 0.2) is 5.82 Å². The van der Waals surface area contributed by atoms with E-state index in [9.17, 15) is 0 Å². The molecular formula is C19H20ClN5O. The van der Waals surface area contributed by atoms with E-state index in [2.05, 4.69) is 25.8 Å². The summed E-state index contributed by atoms with van der Waals surface area (Å²) in [4.78, 5) is 4.44. The summed E-state index contributed by atoms with van der Waals surface area (Å²) < 4.78 is 5.80. The van der Waals surface area contributed by atoms with Gasteiger partial charge in [0.25, 0.3) is 0 Å². The van der Waals surface area contributed by atoms with Crippen LogP contribution in [0.3, 0.4) is 0 Å². The summed E-state index contributed by atoms with van der Waals surface area (Å²) in [6.45, 7) is 4.58. The molecule has 0 atom stereocenters. The molecule has 0 aliphatic carbocycles. The molecule has 6 nitrogen and oxygen atoms in total. The van der Waals surface area contributed by atoms with E-state index in [0.717, 1.165) is 17.0 Å². The van der Waals surface area contributed by atoms with Gasteiger partial charge >= 0.3 is 0 Å². The monoisotopic (exact) mass is 369 g/mol. The molecule has 1 heterocycles. The number of hydrogen-bond acceptors (Lipinski definition) is 6. The van der Waals surface area contributed by atoms with E-state index in [0.29, 0.717) is 23.3 Å². The molecule has 3 rings (SSSR count). The Morgan fingerprint density at radius 3 is 2.62 bits per heavy atom. The molecule has 0 saturated heterocycles. The number of ether oxygens (including phenoxy) is 1. The number of aromatic nitrogens is 3. The third-order valence-electron chi connectivity index (χ3n) is 3.44. The van der Waals surface area contributed by atoms with Crippen LogP contribution in [0.1, 0.15) is 19.4 Å². The molecule has 0 radical (unpaired) electrons. The molecule has 0 fully saturated rings. The maximum absolute atomic E-state index is 5.90. The molecule has 1 aromatic heterocycles. The molecule has 0 bridgehead atoms. The van der Waals surface area contributed by atoms with Crippen LogP contribution in [0.5, 0.6) is 5.75 Å². The summed E-state index contributed by atoms with van der Waals surface area (Å²) in [5, 5.41) is 15.1. The largest absolute Gasteiger partial charge is 0.489 e. The van der Waals surface area contributed by atoms with Gasteiger partial charge in [-0.05, 0) is 43.7 Å². The molecule has 0 amide bonds. The molecule has 2 N–H and O–H groups in total. The standard InChI is InChI=1S/C19H20ClN5O/c1-13(2)26-17-6-4-3-5-16(17)23-19-24-18(12-22-25-19)21-11-14-7-9-15(20)10-8-14/h3-10,12-13H,11H2,1-2H3,(H2,21,23,24,25). The van der Waals surface area contributed by atoms with Crippen LogP contribution in [-0.2, 0) is 6.54 Å². The smallest absolute Gasteiger partial charge is 0.249 e. The molecule has 26 heavy (non-hydrogen) atoms. The van der Waals surface area contributed by atoms with E-state index >= 15 is 0 Å². The lowest BCUT2D eigenvalue weighted by atomic mass is 10.2. The minimum atomic E-state index is 0.0735. The Morgan fingerprint density at radius 2 is 1.85 bits per heavy atom. The SMILES string of the molecule is CC(C)Oc1ccccc1Nc1nncc(NCc2ccc(Cl)cc2)n1. The second-order valence-corrected chi connectivity index (χ2v) is 6.37. The van der Waals surface area contributed by atoms with Crippen LogP contribution in [0.15, 0.2) is 54.7 Å². The van der Waals surface area contributed by atoms with Gasteiger partial charge in [0, 0.05) is 11.6 Å². The molecule has 134 valence electrons. The fourth-order valence-electron chi connectivity index (χ4n) is 2.28. The molecule has 3 aromatic rings. The number of rotatable bonds is 7. The summed E-state index contributed by atoms with van der Waals surface area (Å²) in [7, 11) is 0. The fourth-order valence-corrected chi connectivity index (χ4v) is 2.41. The second-order valence-electron chi connectivity index (χ2n) is 5.93. The van der Waals surface area contributed by atoms with Crippen LogP contribution < -0.4 is 15.4 Å². The predicted octanol–water partition coefficient (Wildman–Crippen LogP) is 4.67. The van der Waals surface area contributed by atoms with Crippen LogP contribution in [-0.4, -0.2) is 21.3 Å². The zero-order chi connectivity index (χ0) is 18.4. The van der Waals surface area contributed by atoms with E-state index in [1.54, 1.807) is 6.20 Å². The van der Waals surface area contributed by atoms with Crippen molar-refractivity contribution in [2.45, 2.75) is 26.5 Å². The van der Waals surface area contributed by atoms with Gasteiger partial charge < -0.3 is 15.4 Å². The third kappa shape index (κ3) is 5.07. The van der Waals surface area contributed by atoms with Crippen LogP contribution >= 0.6 is 11.6 Å². The lowest BCUT2D eigenvalue weighted by Gasteiger charge is -2.14. The summed E-state index contributed by atoms with van der Waals surface area (Å²) in [6, 6.07) is 15.3. The van der Waals surface area contributed by atoms with Gasteiger partial charge in [-0.25, -0.2) is 0 Å². The van der Waals surface area contributed by atoms with E-state index in [1.165, 1.54) is 0 Å². The highest BCUT2D eigenvalue weighted by molar-refractivity contribution is 6.30. The number of para-hydroxylation sites is 2. The number of halogens is 1. The Kier molecular flexibility index (Phi) is 5.86. The average molecular weight is 370 g/mol. The Balaban J connectivity index is 1.69. The minimum absolute atomic E-state index is 0.0735. The van der Waals surface area contributed by atoms with E-state index in [4.69, 9.17) is 16.3 Å². The quantitative estimate of drug-likeness (QED) is 0.630. The number of benzene rings is 2. The first-order chi connectivity index (χ1) is 12.6. The highest BCUT2D eigenvalue weighted by atomic mass is 35.5. The van der Waals surface area contributed by atoms with Gasteiger partial charge in [-0.1, -0.05) is 35.9 Å². The number of hydrogen-bond donors (Lipinski definition) is 2. The molecule has 0 spiro atoms. The van der Waals surface area contributed by atoms with Crippen molar-refractivity contribution in [3.05, 3.63) is 65.3 Å². The van der Waals surface area contributed by atoms with Crippen molar-refractivity contribution < 1.29 is 4.74 Å². The van der Waals surface area contributed by atoms with E-state index in [-0.39, 0.29) is 6.10 Å². The summed E-state index contributed by atoms with van der Waals surface area (Å²) in [5.74, 6) is 1.76. The maximum atomic E-state index is 5.90. The van der Waals surface area contributed by atoms with Gasteiger partial charge in [-0.3, -0.25) is 0 Å². The van der Waals surface area contributed by atoms with Crippen LogP contribution in [0.2, 0.25) is 5.02 Å². The lowest BCUT2D eigenvalue weighted by Crippen LogP contribution is -2.09. The minimum Gasteiger partial charge on any atom is -0.489 e. The molecule has 2 aromatic carbocycles. The number of nitrogens with zero attached hydrogens (tertiary/aromatic N) is 3. The Bertz CT molecular complexity index is 855. The average Bonchev–Trinajstić information content (AvgIpc) is 2.63. The summed E-state index contributed by atoms with van der Waals surface area (Å²) in [5.41, 5.74) is 1.89. The van der Waals surface area contributed by atoms with Crippen LogP contribution in [0.25, 0.3) is 0 Å². The first kappa shape index (κ1) is 17.9. The van der Waals surface area contributed by atoms with Crippen molar-refractivity contribution in [1.29, 1.82) is 0 Å². The van der Waals surface area contributed by atoms with Crippen molar-refractivity contribution >= 4 is 29.1 Å². The Hall–Kier alpha value is -2.86. The third-order valence-corrected chi connectivity index (χ3v) is 3.69. The van der Waals surface area contributed by atoms with Crippen molar-refractivity contribution in [2.24, 2.45) is 0 Å². The Morgan fingerprint density at radius 1 is 1.08 bits per heavy atom. The van der Waals surface area contributed by atoms with Gasteiger partial charge in [0.2, 0.25) is 5.95 Å². The van der Waals surface area contributed by atoms with Crippen molar-refractivity contribution in [3.63, 3.8) is 0 Å². The zero-order valence-corrected chi connectivity index (χ0v) is 15.4. The highest BCUT2D eigenvalue weighted by Gasteiger charge is 2.08. The second kappa shape index (κ2) is 8.49. The van der Waals surface area contributed by atoms with Crippen molar-refractivity contribution in [1.82, 2.24) is 15.2 Å². The molecule has 0 saturated carbocycles. The van der Waals surface area contributed by atoms with Gasteiger partial charge in [-0.15, -0.1) is 5.10 Å². The Labute approximate surface area is 157 Å². The molecule has 0 unspecified atom stereocenters. The number of nitrogens with one attached hydrogen (secondary N) is 2. The van der Waals surface area contributed by atoms with Crippen LogP contribution in [0.4, 0.5) is 17.5 Å². The van der Waals surface area contributed by atoms with Gasteiger partial charge in [0.05, 0.1) is 18.0 Å². The maximum Gasteiger partial charge on any atom is 0.249 e. The molecule has 0 aliphatic heterocycles. The topological polar surface area (TPSA) is 72.0 Å². The highest BCUT2D eigenvalue weighted by Crippen LogP contribution is 2.27. The summed E-state index contributed by atoms with van der Waals surface area (Å²) in [6.07, 6.45) is 1.65. The zero-order valence-electron chi connectivity index (χ0n) is 14.6. The first-order valence-corrected chi connectivity index (χ1v) is 8.68. The molecular weight excluding hydrogens is 350 g/mol. The normalized spacial score (nSPS) is 10.6. The molecule has 7 heteroatoms. The van der Waals surface area contributed by atoms with E-state index < -0.39 is 0 Å². The van der Waals surface area contributed by atoms with Crippen molar-refractivity contribution in [3.8, 4) is 5.75 Å². The van der Waals surface area contributed by atoms with Gasteiger partial charge in [0.1, 0.15) is 5.75 Å². The fraction of sp³-hybridized carbons (Fsp3) is 0.211. The predicted molar refractivity (Wildman–Crippen MR) is 104 cm³/mol. The lowest BCUT2D eigenvalue weighted by molar-refractivity contribution is 0.244. The number of anilines is 3. The van der Waals surface area contributed by atoms with Crippen molar-refractivity contribution in [2.75, 3.05) is 10.6 Å². The van der Waals surface area contributed by atoms with E-state index in [1.807, 2.05) is 62.4 Å². The first-order valence-electron chi connectivity index (χ1n) is 8.31.